The van der Waals surface area contributed by atoms with Crippen LogP contribution in [0.5, 0.6) is 0 Å². The van der Waals surface area contributed by atoms with E-state index in [4.69, 9.17) is 9.72 Å². The third kappa shape index (κ3) is 8.51. The summed E-state index contributed by atoms with van der Waals surface area (Å²) in [6.07, 6.45) is 3.66. The van der Waals surface area contributed by atoms with E-state index in [0.717, 1.165) is 55.8 Å². The molecule has 4 rings (SSSR count). The standard InChI is InChI=1S/C34H50N4O3S/c1-7-27(8-2)38-31-12-11-25(17-30(31)36-33(38)19-29-10-9-15-42-29)32(39)18-26(16-23(3)4)34(40)35-20-28-22-37(13-14-41-28)21-24(5)6/h9-12,15,17,23-24,26-28H,7-8,13-14,16,18-22H2,1-6H3,(H,35,40)/t26-,28?/m1/s1. The van der Waals surface area contributed by atoms with E-state index in [2.05, 4.69) is 73.8 Å². The zero-order chi connectivity index (χ0) is 30.2. The molecule has 0 radical (unpaired) electrons. The number of carbonyl (C=O) groups is 2. The van der Waals surface area contributed by atoms with Gasteiger partial charge < -0.3 is 14.6 Å². The molecule has 3 heterocycles. The van der Waals surface area contributed by atoms with Gasteiger partial charge in [0.1, 0.15) is 5.82 Å². The smallest absolute Gasteiger partial charge is 0.223 e. The highest BCUT2D eigenvalue weighted by Gasteiger charge is 2.27. The van der Waals surface area contributed by atoms with Crippen molar-refractivity contribution in [2.45, 2.75) is 85.8 Å². The molecular weight excluding hydrogens is 544 g/mol. The van der Waals surface area contributed by atoms with Crippen molar-refractivity contribution in [1.82, 2.24) is 19.8 Å². The first kappa shape index (κ1) is 32.4. The molecule has 1 aromatic carbocycles. The lowest BCUT2D eigenvalue weighted by Gasteiger charge is -2.34. The number of nitrogens with one attached hydrogen (secondary N) is 1. The van der Waals surface area contributed by atoms with Gasteiger partial charge in [-0.1, -0.05) is 47.6 Å². The van der Waals surface area contributed by atoms with Crippen molar-refractivity contribution in [3.8, 4) is 0 Å². The Morgan fingerprint density at radius 2 is 1.90 bits per heavy atom. The summed E-state index contributed by atoms with van der Waals surface area (Å²) in [5.74, 6) is 1.50. The minimum atomic E-state index is -0.375. The number of ketones is 1. The maximum Gasteiger partial charge on any atom is 0.223 e. The Bertz CT molecular complexity index is 1300. The Kier molecular flexibility index (Phi) is 11.8. The highest BCUT2D eigenvalue weighted by molar-refractivity contribution is 7.09. The second-order valence-corrected chi connectivity index (χ2v) is 13.7. The highest BCUT2D eigenvalue weighted by atomic mass is 32.1. The lowest BCUT2D eigenvalue weighted by molar-refractivity contribution is -0.126. The van der Waals surface area contributed by atoms with Gasteiger partial charge in [0.2, 0.25) is 5.91 Å². The van der Waals surface area contributed by atoms with Crippen molar-refractivity contribution in [1.29, 1.82) is 0 Å². The van der Waals surface area contributed by atoms with Gasteiger partial charge in [0, 0.05) is 61.4 Å². The first-order chi connectivity index (χ1) is 20.2. The number of ether oxygens (including phenoxy) is 1. The lowest BCUT2D eigenvalue weighted by atomic mass is 9.89. The van der Waals surface area contributed by atoms with Crippen LogP contribution in [0, 0.1) is 17.8 Å². The summed E-state index contributed by atoms with van der Waals surface area (Å²) in [6.45, 7) is 17.0. The van der Waals surface area contributed by atoms with E-state index in [1.54, 1.807) is 11.3 Å². The molecule has 1 aliphatic rings. The van der Waals surface area contributed by atoms with Gasteiger partial charge in [-0.05, 0) is 60.7 Å². The quantitative estimate of drug-likeness (QED) is 0.197. The highest BCUT2D eigenvalue weighted by Crippen LogP contribution is 2.29. The lowest BCUT2D eigenvalue weighted by Crippen LogP contribution is -2.49. The topological polar surface area (TPSA) is 76.5 Å². The summed E-state index contributed by atoms with van der Waals surface area (Å²) in [6, 6.07) is 10.5. The Hall–Kier alpha value is -2.55. The molecule has 0 spiro atoms. The minimum Gasteiger partial charge on any atom is -0.374 e. The van der Waals surface area contributed by atoms with Gasteiger partial charge >= 0.3 is 0 Å². The Morgan fingerprint density at radius 3 is 2.57 bits per heavy atom. The molecule has 1 aliphatic heterocycles. The summed E-state index contributed by atoms with van der Waals surface area (Å²) >= 11 is 1.75. The van der Waals surface area contributed by atoms with Crippen LogP contribution in [0.25, 0.3) is 11.0 Å². The molecule has 0 saturated carbocycles. The first-order valence-electron chi connectivity index (χ1n) is 15.9. The van der Waals surface area contributed by atoms with Gasteiger partial charge in [-0.15, -0.1) is 11.3 Å². The molecule has 1 fully saturated rings. The van der Waals surface area contributed by atoms with Crippen LogP contribution < -0.4 is 5.32 Å². The van der Waals surface area contributed by atoms with Gasteiger partial charge in [0.05, 0.1) is 23.7 Å². The van der Waals surface area contributed by atoms with Crippen molar-refractivity contribution in [3.63, 3.8) is 0 Å². The molecule has 2 atom stereocenters. The first-order valence-corrected chi connectivity index (χ1v) is 16.7. The summed E-state index contributed by atoms with van der Waals surface area (Å²) in [7, 11) is 0. The number of imidazole rings is 1. The molecule has 0 bridgehead atoms. The number of hydrogen-bond donors (Lipinski definition) is 1. The van der Waals surface area contributed by atoms with Crippen molar-refractivity contribution in [3.05, 3.63) is 52.0 Å². The Labute approximate surface area is 256 Å². The van der Waals surface area contributed by atoms with Crippen molar-refractivity contribution in [2.24, 2.45) is 17.8 Å². The molecule has 0 aliphatic carbocycles. The number of benzene rings is 1. The average molecular weight is 595 g/mol. The summed E-state index contributed by atoms with van der Waals surface area (Å²) in [5.41, 5.74) is 2.55. The number of morpholine rings is 1. The molecule has 1 unspecified atom stereocenters. The molecule has 1 amide bonds. The van der Waals surface area contributed by atoms with Crippen molar-refractivity contribution in [2.75, 3.05) is 32.8 Å². The van der Waals surface area contributed by atoms with Crippen LogP contribution in [0.1, 0.15) is 94.3 Å². The van der Waals surface area contributed by atoms with Crippen LogP contribution in [-0.2, 0) is 16.0 Å². The van der Waals surface area contributed by atoms with E-state index >= 15 is 0 Å². The third-order valence-corrected chi connectivity index (χ3v) is 9.09. The van der Waals surface area contributed by atoms with Gasteiger partial charge in [-0.2, -0.15) is 0 Å². The fourth-order valence-corrected chi connectivity index (χ4v) is 6.92. The van der Waals surface area contributed by atoms with Gasteiger partial charge in [-0.3, -0.25) is 14.5 Å². The van der Waals surface area contributed by atoms with Crippen LogP contribution in [0.2, 0.25) is 0 Å². The van der Waals surface area contributed by atoms with Crippen LogP contribution in [0.3, 0.4) is 0 Å². The van der Waals surface area contributed by atoms with Crippen LogP contribution >= 0.6 is 11.3 Å². The summed E-state index contributed by atoms with van der Waals surface area (Å²) < 4.78 is 8.31. The third-order valence-electron chi connectivity index (χ3n) is 8.21. The number of Topliss-reactive ketones (excluding diaryl/α,β-unsaturated/α-hetero) is 1. The number of rotatable bonds is 15. The average Bonchev–Trinajstić information content (AvgIpc) is 3.59. The Balaban J connectivity index is 1.47. The van der Waals surface area contributed by atoms with Crippen LogP contribution in [0.15, 0.2) is 35.7 Å². The molecule has 3 aromatic rings. The van der Waals surface area contributed by atoms with Crippen molar-refractivity contribution >= 4 is 34.1 Å². The molecule has 7 nitrogen and oxygen atoms in total. The van der Waals surface area contributed by atoms with E-state index in [9.17, 15) is 9.59 Å². The van der Waals surface area contributed by atoms with E-state index in [-0.39, 0.29) is 30.1 Å². The number of nitrogens with zero attached hydrogens (tertiary/aromatic N) is 3. The predicted molar refractivity (Wildman–Crippen MR) is 172 cm³/mol. The maximum atomic E-state index is 13.6. The zero-order valence-corrected chi connectivity index (χ0v) is 27.2. The van der Waals surface area contributed by atoms with E-state index < -0.39 is 0 Å². The fourth-order valence-electron chi connectivity index (χ4n) is 6.22. The molecule has 1 N–H and O–H groups in total. The second-order valence-electron chi connectivity index (χ2n) is 12.7. The summed E-state index contributed by atoms with van der Waals surface area (Å²) in [5, 5.41) is 5.22. The predicted octanol–water partition coefficient (Wildman–Crippen LogP) is 6.76. The number of amides is 1. The minimum absolute atomic E-state index is 0.00776. The fraction of sp³-hybridized carbons (Fsp3) is 0.618. The van der Waals surface area contributed by atoms with Crippen LogP contribution in [0.4, 0.5) is 0 Å². The Morgan fingerprint density at radius 1 is 1.12 bits per heavy atom. The molecular formula is C34H50N4O3S. The number of thiophene rings is 1. The normalized spacial score (nSPS) is 17.0. The van der Waals surface area contributed by atoms with Crippen molar-refractivity contribution < 1.29 is 14.3 Å². The monoisotopic (exact) mass is 594 g/mol. The van der Waals surface area contributed by atoms with Gasteiger partial charge in [0.15, 0.2) is 5.78 Å². The summed E-state index contributed by atoms with van der Waals surface area (Å²) in [4.78, 5) is 35.7. The largest absolute Gasteiger partial charge is 0.374 e. The van der Waals surface area contributed by atoms with Crippen LogP contribution in [-0.4, -0.2) is 65.0 Å². The molecule has 8 heteroatoms. The van der Waals surface area contributed by atoms with E-state index in [1.807, 2.05) is 18.2 Å². The second kappa shape index (κ2) is 15.3. The van der Waals surface area contributed by atoms with Gasteiger partial charge in [-0.25, -0.2) is 4.98 Å². The molecule has 1 saturated heterocycles. The van der Waals surface area contributed by atoms with E-state index in [0.29, 0.717) is 43.0 Å². The number of aromatic nitrogens is 2. The number of fused-ring (bicyclic) bond motifs is 1. The molecule has 230 valence electrons. The molecule has 42 heavy (non-hydrogen) atoms. The number of carbonyl (C=O) groups excluding carboxylic acids is 2. The number of hydrogen-bond acceptors (Lipinski definition) is 6. The zero-order valence-electron chi connectivity index (χ0n) is 26.4. The SMILES string of the molecule is CCC(CC)n1c(Cc2cccs2)nc2cc(C(=O)C[C@@H](CC(C)C)C(=O)NCC3CN(CC(C)C)CCO3)ccc21. The maximum absolute atomic E-state index is 13.6. The molecule has 2 aromatic heterocycles. The van der Waals surface area contributed by atoms with E-state index in [1.165, 1.54) is 4.88 Å². The van der Waals surface area contributed by atoms with Gasteiger partial charge in [0.25, 0.3) is 0 Å².